The topological polar surface area (TPSA) is 87.7 Å². The Labute approximate surface area is 150 Å². The number of urea groups is 1. The Morgan fingerprint density at radius 3 is 2.72 bits per heavy atom. The number of rotatable bonds is 1. The van der Waals surface area contributed by atoms with Crippen molar-refractivity contribution >= 4 is 11.7 Å². The van der Waals surface area contributed by atoms with Crippen LogP contribution in [0.15, 0.2) is 5.10 Å². The molecule has 0 aromatic heterocycles. The summed E-state index contributed by atoms with van der Waals surface area (Å²) in [5, 5.41) is 14.5. The van der Waals surface area contributed by atoms with Gasteiger partial charge in [-0.25, -0.2) is 10.2 Å². The number of nitrogens with one attached hydrogen (secondary N) is 1. The molecule has 2 amide bonds. The summed E-state index contributed by atoms with van der Waals surface area (Å²) in [5.74, 6) is 2.95. The number of aliphatic hydroxyl groups excluding tert-OH is 1. The van der Waals surface area contributed by atoms with Crippen LogP contribution in [0, 0.1) is 34.5 Å². The van der Waals surface area contributed by atoms with Crippen LogP contribution < -0.4 is 11.2 Å². The van der Waals surface area contributed by atoms with Gasteiger partial charge in [-0.1, -0.05) is 13.8 Å². The van der Waals surface area contributed by atoms with Crippen molar-refractivity contribution in [3.8, 4) is 0 Å². The molecule has 0 spiro atoms. The number of carbonyl (C=O) groups excluding carboxylic acids is 1. The van der Waals surface area contributed by atoms with E-state index in [2.05, 4.69) is 24.4 Å². The summed E-state index contributed by atoms with van der Waals surface area (Å²) in [7, 11) is 0. The molecule has 5 nitrogen and oxygen atoms in total. The van der Waals surface area contributed by atoms with Crippen LogP contribution in [0.4, 0.5) is 4.79 Å². The lowest BCUT2D eigenvalue weighted by atomic mass is 9.45. The highest BCUT2D eigenvalue weighted by molar-refractivity contribution is 5.93. The summed E-state index contributed by atoms with van der Waals surface area (Å²) < 4.78 is 0. The Morgan fingerprint density at radius 2 is 1.96 bits per heavy atom. The zero-order chi connectivity index (χ0) is 17.8. The van der Waals surface area contributed by atoms with Crippen LogP contribution in [0.1, 0.15) is 71.6 Å². The average molecular weight is 348 g/mol. The molecular weight excluding hydrogens is 314 g/mol. The number of hydrazone groups is 1. The lowest BCUT2D eigenvalue weighted by Gasteiger charge is -2.60. The van der Waals surface area contributed by atoms with Crippen LogP contribution in [0.25, 0.3) is 0 Å². The molecule has 0 aliphatic heterocycles. The molecule has 4 aliphatic carbocycles. The highest BCUT2D eigenvalue weighted by atomic mass is 16.3. The second-order valence-electron chi connectivity index (χ2n) is 9.61. The summed E-state index contributed by atoms with van der Waals surface area (Å²) in [4.78, 5) is 11.1. The highest BCUT2D eigenvalue weighted by Crippen LogP contribution is 2.65. The number of amides is 2. The highest BCUT2D eigenvalue weighted by Gasteiger charge is 2.59. The van der Waals surface area contributed by atoms with E-state index in [1.54, 1.807) is 0 Å². The first-order chi connectivity index (χ1) is 11.8. The maximum Gasteiger partial charge on any atom is 0.332 e. The maximum absolute atomic E-state index is 11.1. The van der Waals surface area contributed by atoms with Gasteiger partial charge >= 0.3 is 6.03 Å². The normalized spacial score (nSPS) is 50.7. The zero-order valence-corrected chi connectivity index (χ0v) is 15.6. The smallest absolute Gasteiger partial charge is 0.332 e. The SMILES string of the molecule is CC12CCC3C(CCC4CC(O)CCC43C)C1CCC2=NNC(N)=O. The van der Waals surface area contributed by atoms with Crippen LogP contribution in [0.2, 0.25) is 0 Å². The number of primary amides is 1. The summed E-state index contributed by atoms with van der Waals surface area (Å²) >= 11 is 0. The third kappa shape index (κ3) is 2.61. The monoisotopic (exact) mass is 347 g/mol. The van der Waals surface area contributed by atoms with Crippen molar-refractivity contribution in [2.75, 3.05) is 0 Å². The maximum atomic E-state index is 11.1. The molecule has 0 saturated heterocycles. The Bertz CT molecular complexity index is 591. The van der Waals surface area contributed by atoms with E-state index in [9.17, 15) is 9.90 Å². The molecule has 0 bridgehead atoms. The van der Waals surface area contributed by atoms with E-state index in [0.717, 1.165) is 36.8 Å². The molecule has 4 rings (SSSR count). The minimum Gasteiger partial charge on any atom is -0.393 e. The van der Waals surface area contributed by atoms with Crippen LogP contribution in [0.3, 0.4) is 0 Å². The van der Waals surface area contributed by atoms with Crippen molar-refractivity contribution in [1.29, 1.82) is 0 Å². The number of fused-ring (bicyclic) bond motifs is 5. The minimum absolute atomic E-state index is 0.0754. The third-order valence-corrected chi connectivity index (χ3v) is 8.68. The van der Waals surface area contributed by atoms with Gasteiger partial charge in [0.1, 0.15) is 0 Å². The lowest BCUT2D eigenvalue weighted by molar-refractivity contribution is -0.113. The van der Waals surface area contributed by atoms with E-state index in [-0.39, 0.29) is 11.5 Å². The number of nitrogens with zero attached hydrogens (tertiary/aromatic N) is 1. The van der Waals surface area contributed by atoms with Gasteiger partial charge in [0.15, 0.2) is 0 Å². The van der Waals surface area contributed by atoms with Gasteiger partial charge in [0, 0.05) is 11.1 Å². The molecule has 0 aromatic carbocycles. The molecule has 0 heterocycles. The quantitative estimate of drug-likeness (QED) is 0.635. The second-order valence-corrected chi connectivity index (χ2v) is 9.61. The summed E-state index contributed by atoms with van der Waals surface area (Å²) in [6, 6.07) is -0.568. The molecular formula is C20H33N3O2. The van der Waals surface area contributed by atoms with E-state index in [0.29, 0.717) is 17.3 Å². The first-order valence-corrected chi connectivity index (χ1v) is 10.1. The van der Waals surface area contributed by atoms with Crippen LogP contribution in [-0.2, 0) is 0 Å². The molecule has 140 valence electrons. The zero-order valence-electron chi connectivity index (χ0n) is 15.6. The van der Waals surface area contributed by atoms with Gasteiger partial charge in [0.25, 0.3) is 0 Å². The van der Waals surface area contributed by atoms with Crippen molar-refractivity contribution in [2.45, 2.75) is 77.7 Å². The van der Waals surface area contributed by atoms with Crippen LogP contribution >= 0.6 is 0 Å². The van der Waals surface area contributed by atoms with Crippen molar-refractivity contribution in [3.63, 3.8) is 0 Å². The van der Waals surface area contributed by atoms with Gasteiger partial charge in [0.05, 0.1) is 6.10 Å². The molecule has 7 atom stereocenters. The number of nitrogens with two attached hydrogens (primary N) is 1. The molecule has 4 fully saturated rings. The summed E-state index contributed by atoms with van der Waals surface area (Å²) in [6.07, 6.45) is 10.3. The van der Waals surface area contributed by atoms with E-state index < -0.39 is 6.03 Å². The lowest BCUT2D eigenvalue weighted by Crippen LogP contribution is -2.54. The van der Waals surface area contributed by atoms with Gasteiger partial charge in [-0.3, -0.25) is 0 Å². The summed E-state index contributed by atoms with van der Waals surface area (Å²) in [6.45, 7) is 4.88. The fourth-order valence-electron chi connectivity index (χ4n) is 7.33. The number of carbonyl (C=O) groups is 1. The molecule has 5 heteroatoms. The van der Waals surface area contributed by atoms with Crippen molar-refractivity contribution < 1.29 is 9.90 Å². The molecule has 25 heavy (non-hydrogen) atoms. The largest absolute Gasteiger partial charge is 0.393 e. The van der Waals surface area contributed by atoms with Crippen LogP contribution in [0.5, 0.6) is 0 Å². The third-order valence-electron chi connectivity index (χ3n) is 8.68. The van der Waals surface area contributed by atoms with Gasteiger partial charge < -0.3 is 10.8 Å². The number of hydrogen-bond acceptors (Lipinski definition) is 3. The fourth-order valence-corrected chi connectivity index (χ4v) is 7.33. The molecule has 4 N–H and O–H groups in total. The van der Waals surface area contributed by atoms with Crippen molar-refractivity contribution in [2.24, 2.45) is 45.3 Å². The Morgan fingerprint density at radius 1 is 1.16 bits per heavy atom. The van der Waals surface area contributed by atoms with Crippen molar-refractivity contribution in [3.05, 3.63) is 0 Å². The van der Waals surface area contributed by atoms with E-state index in [1.165, 1.54) is 38.5 Å². The van der Waals surface area contributed by atoms with Gasteiger partial charge in [-0.2, -0.15) is 5.10 Å². The minimum atomic E-state index is -0.568. The van der Waals surface area contributed by atoms with Crippen LogP contribution in [-0.4, -0.2) is 23.0 Å². The Hall–Kier alpha value is -1.10. The van der Waals surface area contributed by atoms with E-state index >= 15 is 0 Å². The van der Waals surface area contributed by atoms with E-state index in [4.69, 9.17) is 5.73 Å². The fraction of sp³-hybridized carbons (Fsp3) is 0.900. The van der Waals surface area contributed by atoms with E-state index in [1.807, 2.05) is 0 Å². The first kappa shape index (κ1) is 17.3. The Balaban J connectivity index is 1.58. The molecule has 7 unspecified atom stereocenters. The molecule has 0 aromatic rings. The standard InChI is InChI=1S/C20H33N3O2/c1-19-9-7-13(24)11-12(19)3-4-14-15-5-6-17(22-23-18(21)25)20(15,2)10-8-16(14)19/h12-16,24H,3-11H2,1-2H3,(H3,21,23,25). The number of aliphatic hydroxyl groups is 1. The van der Waals surface area contributed by atoms with Gasteiger partial charge in [-0.15, -0.1) is 0 Å². The van der Waals surface area contributed by atoms with Gasteiger partial charge in [-0.05, 0) is 86.9 Å². The Kier molecular flexibility index (Phi) is 4.13. The number of hydrogen-bond donors (Lipinski definition) is 3. The summed E-state index contributed by atoms with van der Waals surface area (Å²) in [5.41, 5.74) is 9.38. The van der Waals surface area contributed by atoms with Crippen molar-refractivity contribution in [1.82, 2.24) is 5.43 Å². The van der Waals surface area contributed by atoms with Gasteiger partial charge in [0.2, 0.25) is 0 Å². The molecule has 0 radical (unpaired) electrons. The second kappa shape index (κ2) is 5.97. The first-order valence-electron chi connectivity index (χ1n) is 10.1. The average Bonchev–Trinajstić information content (AvgIpc) is 2.90. The molecule has 4 aliphatic rings. The predicted octanol–water partition coefficient (Wildman–Crippen LogP) is 3.41. The molecule has 4 saturated carbocycles. The predicted molar refractivity (Wildman–Crippen MR) is 97.9 cm³/mol.